The second-order valence-corrected chi connectivity index (χ2v) is 5.33. The Morgan fingerprint density at radius 2 is 1.71 bits per heavy atom. The second kappa shape index (κ2) is 7.53. The minimum Gasteiger partial charge on any atom is -0.310 e. The molecule has 0 aliphatic carbocycles. The first kappa shape index (κ1) is 14.2. The summed E-state index contributed by atoms with van der Waals surface area (Å²) < 4.78 is 0. The Balaban J connectivity index is 3.35. The molecule has 0 fully saturated rings. The molecule has 0 saturated heterocycles. The maximum Gasteiger partial charge on any atom is 0.0484 e. The van der Waals surface area contributed by atoms with Crippen LogP contribution >= 0.6 is 11.6 Å². The van der Waals surface area contributed by atoms with Gasteiger partial charge in [-0.25, -0.2) is 0 Å². The maximum atomic E-state index is 6.07. The van der Waals surface area contributed by atoms with Gasteiger partial charge in [0.05, 0.1) is 0 Å². The first-order valence-electron chi connectivity index (χ1n) is 5.89. The number of hydrogen-bond donors (Lipinski definition) is 1. The third-order valence-corrected chi connectivity index (χ3v) is 3.40. The summed E-state index contributed by atoms with van der Waals surface area (Å²) in [7, 11) is 0. The number of hydrogen-bond acceptors (Lipinski definition) is 1. The third kappa shape index (κ3) is 6.67. The summed E-state index contributed by atoms with van der Waals surface area (Å²) in [4.78, 5) is 0. The molecule has 1 unspecified atom stereocenters. The first-order chi connectivity index (χ1) is 6.50. The van der Waals surface area contributed by atoms with E-state index in [1.165, 1.54) is 32.1 Å². The molecule has 0 heterocycles. The van der Waals surface area contributed by atoms with Gasteiger partial charge in [-0.15, -0.1) is 11.6 Å². The van der Waals surface area contributed by atoms with E-state index in [0.717, 1.165) is 6.54 Å². The van der Waals surface area contributed by atoms with Crippen molar-refractivity contribution in [3.8, 4) is 0 Å². The van der Waals surface area contributed by atoms with E-state index in [0.29, 0.717) is 0 Å². The summed E-state index contributed by atoms with van der Waals surface area (Å²) in [5, 5.41) is 3.68. The normalized spacial score (nSPS) is 14.4. The Morgan fingerprint density at radius 1 is 1.14 bits per heavy atom. The minimum absolute atomic E-state index is 0.0618. The van der Waals surface area contributed by atoms with Gasteiger partial charge < -0.3 is 5.32 Å². The van der Waals surface area contributed by atoms with Crippen LogP contribution in [0.15, 0.2) is 0 Å². The van der Waals surface area contributed by atoms with Crippen LogP contribution in [0.3, 0.4) is 0 Å². The van der Waals surface area contributed by atoms with Crippen LogP contribution in [0.1, 0.15) is 59.8 Å². The average Bonchev–Trinajstić information content (AvgIpc) is 2.10. The SMILES string of the molecule is CCCCCCCNC(C)(C)C(C)Cl. The van der Waals surface area contributed by atoms with Crippen LogP contribution in [0.5, 0.6) is 0 Å². The fourth-order valence-corrected chi connectivity index (χ4v) is 1.36. The highest BCUT2D eigenvalue weighted by Crippen LogP contribution is 2.14. The summed E-state index contributed by atoms with van der Waals surface area (Å²) in [6.07, 6.45) is 6.67. The zero-order chi connectivity index (χ0) is 11.0. The van der Waals surface area contributed by atoms with Gasteiger partial charge in [0, 0.05) is 10.9 Å². The molecule has 0 aromatic heterocycles. The molecule has 0 saturated carbocycles. The van der Waals surface area contributed by atoms with E-state index in [1.807, 2.05) is 6.92 Å². The first-order valence-corrected chi connectivity index (χ1v) is 6.33. The molecule has 0 aromatic carbocycles. The van der Waals surface area contributed by atoms with Gasteiger partial charge in [0.15, 0.2) is 0 Å². The van der Waals surface area contributed by atoms with Crippen LogP contribution in [0, 0.1) is 0 Å². The number of halogens is 1. The molecule has 0 aromatic rings. The monoisotopic (exact) mass is 219 g/mol. The summed E-state index contributed by atoms with van der Waals surface area (Å²) in [6.45, 7) is 9.71. The molecule has 1 N–H and O–H groups in total. The van der Waals surface area contributed by atoms with E-state index in [-0.39, 0.29) is 10.9 Å². The minimum atomic E-state index is 0.0618. The van der Waals surface area contributed by atoms with Gasteiger partial charge in [-0.2, -0.15) is 0 Å². The number of nitrogens with one attached hydrogen (secondary N) is 1. The zero-order valence-electron chi connectivity index (χ0n) is 10.2. The van der Waals surface area contributed by atoms with Crippen molar-refractivity contribution in [2.24, 2.45) is 0 Å². The smallest absolute Gasteiger partial charge is 0.0484 e. The largest absolute Gasteiger partial charge is 0.310 e. The van der Waals surface area contributed by atoms with E-state index in [4.69, 9.17) is 11.6 Å². The summed E-state index contributed by atoms with van der Waals surface area (Å²) in [6, 6.07) is 0. The Hall–Kier alpha value is 0.250. The number of rotatable bonds is 8. The van der Waals surface area contributed by atoms with E-state index < -0.39 is 0 Å². The standard InChI is InChI=1S/C12H26ClN/c1-5-6-7-8-9-10-14-12(3,4)11(2)13/h11,14H,5-10H2,1-4H3. The van der Waals surface area contributed by atoms with Gasteiger partial charge in [0.2, 0.25) is 0 Å². The van der Waals surface area contributed by atoms with Crippen LogP contribution < -0.4 is 5.32 Å². The van der Waals surface area contributed by atoms with Crippen LogP contribution in [-0.2, 0) is 0 Å². The predicted molar refractivity (Wildman–Crippen MR) is 66.2 cm³/mol. The van der Waals surface area contributed by atoms with Crippen LogP contribution in [0.4, 0.5) is 0 Å². The fraction of sp³-hybridized carbons (Fsp3) is 1.00. The Morgan fingerprint density at radius 3 is 2.21 bits per heavy atom. The molecule has 14 heavy (non-hydrogen) atoms. The van der Waals surface area contributed by atoms with Gasteiger partial charge in [0.1, 0.15) is 0 Å². The number of alkyl halides is 1. The molecule has 0 bridgehead atoms. The lowest BCUT2D eigenvalue weighted by Crippen LogP contribution is -2.46. The number of unbranched alkanes of at least 4 members (excludes halogenated alkanes) is 4. The predicted octanol–water partition coefficient (Wildman–Crippen LogP) is 3.95. The lowest BCUT2D eigenvalue weighted by molar-refractivity contribution is 0.376. The summed E-state index contributed by atoms with van der Waals surface area (Å²) in [5.74, 6) is 0. The van der Waals surface area contributed by atoms with Crippen molar-refractivity contribution in [3.63, 3.8) is 0 Å². The van der Waals surface area contributed by atoms with Crippen molar-refractivity contribution in [2.75, 3.05) is 6.54 Å². The third-order valence-electron chi connectivity index (χ3n) is 2.86. The molecule has 0 amide bonds. The molecule has 1 atom stereocenters. The average molecular weight is 220 g/mol. The molecule has 86 valence electrons. The molecule has 0 rings (SSSR count). The van der Waals surface area contributed by atoms with Gasteiger partial charge in [-0.3, -0.25) is 0 Å². The van der Waals surface area contributed by atoms with Gasteiger partial charge in [-0.05, 0) is 33.7 Å². The molecule has 0 aliphatic heterocycles. The van der Waals surface area contributed by atoms with E-state index in [9.17, 15) is 0 Å². The molecule has 1 nitrogen and oxygen atoms in total. The molecule has 0 radical (unpaired) electrons. The van der Waals surface area contributed by atoms with Crippen LogP contribution in [0.25, 0.3) is 0 Å². The van der Waals surface area contributed by atoms with E-state index in [2.05, 4.69) is 26.1 Å². The molecule has 0 spiro atoms. The topological polar surface area (TPSA) is 12.0 Å². The molecular weight excluding hydrogens is 194 g/mol. The maximum absolute atomic E-state index is 6.07. The van der Waals surface area contributed by atoms with Crippen molar-refractivity contribution in [2.45, 2.75) is 70.7 Å². The Bertz CT molecular complexity index is 132. The van der Waals surface area contributed by atoms with E-state index in [1.54, 1.807) is 0 Å². The highest BCUT2D eigenvalue weighted by molar-refractivity contribution is 6.21. The van der Waals surface area contributed by atoms with Crippen molar-refractivity contribution in [3.05, 3.63) is 0 Å². The Labute approximate surface area is 94.6 Å². The molecule has 0 aliphatic rings. The van der Waals surface area contributed by atoms with Gasteiger partial charge in [0.25, 0.3) is 0 Å². The fourth-order valence-electron chi connectivity index (χ4n) is 1.28. The van der Waals surface area contributed by atoms with Gasteiger partial charge in [-0.1, -0.05) is 32.6 Å². The van der Waals surface area contributed by atoms with Crippen molar-refractivity contribution in [1.29, 1.82) is 0 Å². The molecule has 2 heteroatoms. The van der Waals surface area contributed by atoms with Crippen molar-refractivity contribution in [1.82, 2.24) is 5.32 Å². The Kier molecular flexibility index (Phi) is 7.66. The summed E-state index contributed by atoms with van der Waals surface area (Å²) >= 11 is 6.07. The highest BCUT2D eigenvalue weighted by Gasteiger charge is 2.22. The second-order valence-electron chi connectivity index (χ2n) is 4.68. The van der Waals surface area contributed by atoms with Crippen molar-refractivity contribution < 1.29 is 0 Å². The van der Waals surface area contributed by atoms with E-state index >= 15 is 0 Å². The lowest BCUT2D eigenvalue weighted by atomic mass is 10.0. The van der Waals surface area contributed by atoms with Gasteiger partial charge >= 0.3 is 0 Å². The quantitative estimate of drug-likeness (QED) is 0.482. The highest BCUT2D eigenvalue weighted by atomic mass is 35.5. The summed E-state index contributed by atoms with van der Waals surface area (Å²) in [5.41, 5.74) is 0.0618. The lowest BCUT2D eigenvalue weighted by Gasteiger charge is -2.29. The molecular formula is C12H26ClN. The van der Waals surface area contributed by atoms with Crippen LogP contribution in [0.2, 0.25) is 0 Å². The van der Waals surface area contributed by atoms with Crippen molar-refractivity contribution >= 4 is 11.6 Å². The van der Waals surface area contributed by atoms with Crippen LogP contribution in [-0.4, -0.2) is 17.5 Å². The zero-order valence-corrected chi connectivity index (χ0v) is 11.0.